The lowest BCUT2D eigenvalue weighted by Crippen LogP contribution is -2.41. The van der Waals surface area contributed by atoms with Crippen molar-refractivity contribution in [3.8, 4) is 0 Å². The normalized spacial score (nSPS) is 17.7. The minimum absolute atomic E-state index is 0.0185. The van der Waals surface area contributed by atoms with Crippen molar-refractivity contribution in [2.24, 2.45) is 11.8 Å². The van der Waals surface area contributed by atoms with E-state index >= 15 is 0 Å². The number of aliphatic carboxylic acids is 1. The van der Waals surface area contributed by atoms with Crippen LogP contribution in [0.15, 0.2) is 36.4 Å². The van der Waals surface area contributed by atoms with Gasteiger partial charge in [-0.2, -0.15) is 10.2 Å². The fourth-order valence-corrected chi connectivity index (χ4v) is 11.3. The van der Waals surface area contributed by atoms with E-state index in [9.17, 15) is 19.2 Å². The van der Waals surface area contributed by atoms with E-state index in [1.807, 2.05) is 53.7 Å². The molecule has 0 unspecified atom stereocenters. The molecule has 2 N–H and O–H groups in total. The van der Waals surface area contributed by atoms with Gasteiger partial charge in [0.1, 0.15) is 11.2 Å². The van der Waals surface area contributed by atoms with Gasteiger partial charge in [-0.1, -0.05) is 48.9 Å². The van der Waals surface area contributed by atoms with Gasteiger partial charge in [0.15, 0.2) is 0 Å². The van der Waals surface area contributed by atoms with Crippen molar-refractivity contribution in [3.05, 3.63) is 77.6 Å². The molecule has 0 bridgehead atoms. The summed E-state index contributed by atoms with van der Waals surface area (Å²) in [5, 5.41) is 20.9. The molecule has 4 aliphatic rings. The van der Waals surface area contributed by atoms with E-state index in [4.69, 9.17) is 42.9 Å². The maximum Gasteiger partial charge on any atom is 0.410 e. The molecule has 17 heteroatoms. The van der Waals surface area contributed by atoms with Crippen LogP contribution in [-0.2, 0) is 40.0 Å². The number of halogens is 2. The Balaban J connectivity index is 0.000000193. The van der Waals surface area contributed by atoms with Gasteiger partial charge < -0.3 is 24.4 Å². The van der Waals surface area contributed by atoms with Gasteiger partial charge in [0.2, 0.25) is 5.91 Å². The molecule has 0 atom stereocenters. The number of likely N-dealkylation sites (tertiary alicyclic amines) is 2. The topological polar surface area (TPSA) is 160 Å². The summed E-state index contributed by atoms with van der Waals surface area (Å²) in [6.07, 6.45) is 14.7. The maximum atomic E-state index is 13.3. The second-order valence-electron chi connectivity index (χ2n) is 20.3. The monoisotopic (exact) mass is 1000 g/mol. The molecule has 0 radical (unpaired) electrons. The molecule has 8 rings (SSSR count). The fourth-order valence-electron chi connectivity index (χ4n) is 9.09. The highest BCUT2D eigenvalue weighted by Gasteiger charge is 2.32. The van der Waals surface area contributed by atoms with Crippen molar-refractivity contribution in [3.63, 3.8) is 0 Å². The van der Waals surface area contributed by atoms with Crippen LogP contribution in [0.3, 0.4) is 0 Å². The Morgan fingerprint density at radius 3 is 1.55 bits per heavy atom. The van der Waals surface area contributed by atoms with E-state index in [1.165, 1.54) is 9.75 Å². The van der Waals surface area contributed by atoms with Gasteiger partial charge in [-0.05, 0) is 155 Å². The number of aromatic nitrogens is 4. The van der Waals surface area contributed by atoms with E-state index in [2.05, 4.69) is 34.5 Å². The summed E-state index contributed by atoms with van der Waals surface area (Å²) in [7, 11) is 0. The van der Waals surface area contributed by atoms with Crippen LogP contribution in [0, 0.1) is 11.8 Å². The summed E-state index contributed by atoms with van der Waals surface area (Å²) in [5.41, 5.74) is 3.28. The number of carbonyl (C=O) groups is 4. The van der Waals surface area contributed by atoms with Gasteiger partial charge in [-0.3, -0.25) is 14.7 Å². The lowest BCUT2D eigenvalue weighted by molar-refractivity contribution is -0.141. The zero-order valence-corrected chi connectivity index (χ0v) is 43.3. The lowest BCUT2D eigenvalue weighted by Gasteiger charge is -2.32. The number of ether oxygens (including phenoxy) is 2. The molecule has 4 aromatic heterocycles. The highest BCUT2D eigenvalue weighted by atomic mass is 35.5. The molecule has 2 saturated carbocycles. The quantitative estimate of drug-likeness (QED) is 0.158. The Kier molecular flexibility index (Phi) is 18.8. The molecule has 2 aliphatic heterocycles. The largest absolute Gasteiger partial charge is 0.481 e. The first-order valence-corrected chi connectivity index (χ1v) is 26.5. The lowest BCUT2D eigenvalue weighted by atomic mass is 9.93. The third-order valence-electron chi connectivity index (χ3n) is 12.7. The first-order chi connectivity index (χ1) is 31.8. The smallest absolute Gasteiger partial charge is 0.410 e. The van der Waals surface area contributed by atoms with Crippen LogP contribution < -0.4 is 0 Å². The number of nitrogens with zero attached hydrogens (tertiary/aromatic N) is 5. The molecule has 6 heterocycles. The summed E-state index contributed by atoms with van der Waals surface area (Å²) in [6.45, 7) is 14.1. The minimum Gasteiger partial charge on any atom is -0.481 e. The third kappa shape index (κ3) is 16.3. The average Bonchev–Trinajstić information content (AvgIpc) is 4.14. The van der Waals surface area contributed by atoms with Crippen molar-refractivity contribution in [2.45, 2.75) is 167 Å². The molecule has 4 fully saturated rings. The van der Waals surface area contributed by atoms with Crippen molar-refractivity contribution < 1.29 is 33.8 Å². The van der Waals surface area contributed by atoms with E-state index in [0.29, 0.717) is 19.0 Å². The number of hydrogen-bond donors (Lipinski definition) is 2. The number of nitrogens with one attached hydrogen (secondary N) is 1. The van der Waals surface area contributed by atoms with Crippen molar-refractivity contribution in [1.82, 2.24) is 29.8 Å². The number of hydrogen-bond acceptors (Lipinski definition) is 10. The van der Waals surface area contributed by atoms with E-state index in [0.717, 1.165) is 147 Å². The SMILES string of the molecule is CC(C)(C)OC(=O)N1CCC(c2cc(CCc3ccc(Cl)s3)[nH]n2)CC1.CC(C)(C)OC(=O)N1CCC(c2cc(CCc3ccc(Cl)s3)n(C(=O)C3CCCC3)n2)CC1.O=C(O)C1CCCC1. The summed E-state index contributed by atoms with van der Waals surface area (Å²) in [5.74, 6) is 0.245. The highest BCUT2D eigenvalue weighted by molar-refractivity contribution is 7.16. The summed E-state index contributed by atoms with van der Waals surface area (Å²) in [4.78, 5) is 54.1. The number of aromatic amines is 1. The molecule has 0 spiro atoms. The molecule has 2 saturated heterocycles. The minimum atomic E-state index is -0.609. The van der Waals surface area contributed by atoms with Gasteiger partial charge in [0, 0.05) is 65.1 Å². The number of carboxylic acid groups (broad SMARTS) is 1. The van der Waals surface area contributed by atoms with Crippen molar-refractivity contribution >= 4 is 69.9 Å². The molecule has 4 aromatic rings. The number of thiophene rings is 2. The third-order valence-corrected chi connectivity index (χ3v) is 15.3. The molecule has 13 nitrogen and oxygen atoms in total. The number of carbonyl (C=O) groups excluding carboxylic acids is 3. The Morgan fingerprint density at radius 1 is 0.657 bits per heavy atom. The van der Waals surface area contributed by atoms with E-state index in [-0.39, 0.29) is 35.8 Å². The number of rotatable bonds is 10. The maximum absolute atomic E-state index is 13.3. The highest BCUT2D eigenvalue weighted by Crippen LogP contribution is 2.33. The van der Waals surface area contributed by atoms with Crippen LogP contribution in [0.4, 0.5) is 9.59 Å². The summed E-state index contributed by atoms with van der Waals surface area (Å²) < 4.78 is 14.3. The Hall–Kier alpha value is -3.92. The molecule has 2 aliphatic carbocycles. The van der Waals surface area contributed by atoms with E-state index < -0.39 is 17.2 Å². The standard InChI is InChI=1S/C25H34ClN3O3S.C19H26ClN3O2S.C6H10O2/c1-25(2,3)32-24(31)28-14-12-17(13-15-28)21-16-19(8-9-20-10-11-22(26)33-20)29(27-21)23(30)18-6-4-5-7-18;1-19(2,3)25-18(24)23-10-8-13(9-11-23)16-12-14(21-22-16)4-5-15-6-7-17(20)26-15;7-6(8)5-3-1-2-4-5/h10-11,16-18H,4-9,12-15H2,1-3H3;6-7,12-13H,4-5,8-11H2,1-3H3,(H,21,22);5H,1-4H2,(H,7,8). The first kappa shape index (κ1) is 52.5. The average molecular weight is 1000 g/mol. The van der Waals surface area contributed by atoms with Gasteiger partial charge in [-0.25, -0.2) is 14.3 Å². The molecule has 2 amide bonds. The number of piperidine rings is 2. The van der Waals surface area contributed by atoms with Crippen molar-refractivity contribution in [2.75, 3.05) is 26.2 Å². The Labute approximate surface area is 414 Å². The predicted molar refractivity (Wildman–Crippen MR) is 266 cm³/mol. The van der Waals surface area contributed by atoms with Gasteiger partial charge in [0.05, 0.1) is 26.0 Å². The van der Waals surface area contributed by atoms with Crippen LogP contribution in [0.1, 0.15) is 168 Å². The second kappa shape index (κ2) is 24.1. The number of amides is 2. The van der Waals surface area contributed by atoms with Crippen LogP contribution in [0.25, 0.3) is 0 Å². The van der Waals surface area contributed by atoms with E-state index in [1.54, 1.807) is 37.2 Å². The van der Waals surface area contributed by atoms with Crippen LogP contribution in [0.5, 0.6) is 0 Å². The van der Waals surface area contributed by atoms with Gasteiger partial charge in [0.25, 0.3) is 0 Å². The number of H-pyrrole nitrogens is 1. The molecule has 0 aromatic carbocycles. The first-order valence-electron chi connectivity index (χ1n) is 24.1. The van der Waals surface area contributed by atoms with Crippen LogP contribution in [-0.4, -0.2) is 96.3 Å². The number of carboxylic acids is 1. The number of aryl methyl sites for hydroxylation is 4. The zero-order chi connectivity index (χ0) is 48.3. The Morgan fingerprint density at radius 2 is 1.12 bits per heavy atom. The predicted octanol–water partition coefficient (Wildman–Crippen LogP) is 12.6. The summed E-state index contributed by atoms with van der Waals surface area (Å²) in [6, 6.07) is 12.3. The zero-order valence-electron chi connectivity index (χ0n) is 40.1. The molecule has 368 valence electrons. The van der Waals surface area contributed by atoms with Gasteiger partial charge in [-0.15, -0.1) is 22.7 Å². The molecule has 67 heavy (non-hydrogen) atoms. The van der Waals surface area contributed by atoms with Crippen LogP contribution in [0.2, 0.25) is 8.67 Å². The van der Waals surface area contributed by atoms with Gasteiger partial charge >= 0.3 is 18.2 Å². The van der Waals surface area contributed by atoms with Crippen LogP contribution >= 0.6 is 45.9 Å². The van der Waals surface area contributed by atoms with Crippen molar-refractivity contribution in [1.29, 1.82) is 0 Å². The molecular formula is C50H70Cl2N6O7S2. The Bertz CT molecular complexity index is 2230. The molecular weight excluding hydrogens is 932 g/mol. The second-order valence-corrected chi connectivity index (χ2v) is 23.9. The fraction of sp³-hybridized carbons (Fsp3) is 0.640. The summed E-state index contributed by atoms with van der Waals surface area (Å²) >= 11 is 15.3.